The van der Waals surface area contributed by atoms with E-state index in [0.29, 0.717) is 6.04 Å². The molecule has 0 radical (unpaired) electrons. The minimum Gasteiger partial charge on any atom is -0.383 e. The van der Waals surface area contributed by atoms with E-state index < -0.39 is 0 Å². The smallest absolute Gasteiger partial charge is 0.321 e. The van der Waals surface area contributed by atoms with Crippen LogP contribution in [0.4, 0.5) is 16.2 Å². The van der Waals surface area contributed by atoms with Gasteiger partial charge in [0.2, 0.25) is 0 Å². The first-order valence-corrected chi connectivity index (χ1v) is 7.45. The van der Waals surface area contributed by atoms with Crippen molar-refractivity contribution >= 4 is 17.4 Å². The van der Waals surface area contributed by atoms with Gasteiger partial charge in [-0.2, -0.15) is 0 Å². The number of carbonyl (C=O) groups is 1. The van der Waals surface area contributed by atoms with Crippen molar-refractivity contribution in [2.45, 2.75) is 25.3 Å². The lowest BCUT2D eigenvalue weighted by atomic mass is 10.1. The summed E-state index contributed by atoms with van der Waals surface area (Å²) >= 11 is 0. The number of carbonyl (C=O) groups excluding carboxylic acids is 1. The van der Waals surface area contributed by atoms with Crippen molar-refractivity contribution in [3.8, 4) is 0 Å². The van der Waals surface area contributed by atoms with Gasteiger partial charge in [-0.25, -0.2) is 4.79 Å². The van der Waals surface area contributed by atoms with Gasteiger partial charge in [-0.15, -0.1) is 0 Å². The topological polar surface area (TPSA) is 56.4 Å². The minimum atomic E-state index is -0.00267. The molecule has 2 heterocycles. The highest BCUT2D eigenvalue weighted by Crippen LogP contribution is 2.19. The van der Waals surface area contributed by atoms with Crippen LogP contribution < -0.4 is 20.9 Å². The molecule has 5 heteroatoms. The van der Waals surface area contributed by atoms with Crippen LogP contribution in [0.1, 0.15) is 19.3 Å². The fraction of sp³-hybridized carbons (Fsp3) is 0.533. The lowest BCUT2D eigenvalue weighted by molar-refractivity contribution is 0.252. The highest BCUT2D eigenvalue weighted by molar-refractivity contribution is 5.94. The van der Waals surface area contributed by atoms with Gasteiger partial charge in [-0.05, 0) is 43.7 Å². The van der Waals surface area contributed by atoms with Gasteiger partial charge in [-0.3, -0.25) is 4.90 Å². The van der Waals surface area contributed by atoms with Crippen molar-refractivity contribution in [2.75, 3.05) is 36.4 Å². The molecule has 0 aliphatic carbocycles. The van der Waals surface area contributed by atoms with Crippen LogP contribution in [-0.2, 0) is 0 Å². The Labute approximate surface area is 119 Å². The highest BCUT2D eigenvalue weighted by atomic mass is 16.2. The zero-order valence-electron chi connectivity index (χ0n) is 11.7. The highest BCUT2D eigenvalue weighted by Gasteiger charge is 2.20. The molecule has 1 atom stereocenters. The van der Waals surface area contributed by atoms with E-state index in [9.17, 15) is 4.79 Å². The summed E-state index contributed by atoms with van der Waals surface area (Å²) in [6.07, 6.45) is 3.87. The summed E-state index contributed by atoms with van der Waals surface area (Å²) in [6.45, 7) is 3.57. The van der Waals surface area contributed by atoms with Crippen LogP contribution in [-0.4, -0.2) is 38.3 Å². The number of urea groups is 1. The Morgan fingerprint density at radius 2 is 2.05 bits per heavy atom. The van der Waals surface area contributed by atoms with E-state index in [2.05, 4.69) is 16.0 Å². The number of anilines is 2. The molecule has 2 aliphatic heterocycles. The second-order valence-corrected chi connectivity index (χ2v) is 5.46. The zero-order chi connectivity index (χ0) is 13.8. The second kappa shape index (κ2) is 6.13. The molecule has 3 rings (SSSR count). The first-order chi connectivity index (χ1) is 9.83. The summed E-state index contributed by atoms with van der Waals surface area (Å²) in [6, 6.07) is 8.67. The molecule has 2 saturated heterocycles. The maximum atomic E-state index is 11.6. The van der Waals surface area contributed by atoms with Gasteiger partial charge >= 0.3 is 6.03 Å². The van der Waals surface area contributed by atoms with E-state index in [-0.39, 0.29) is 6.03 Å². The van der Waals surface area contributed by atoms with Gasteiger partial charge in [0.15, 0.2) is 0 Å². The van der Waals surface area contributed by atoms with Crippen LogP contribution in [0, 0.1) is 0 Å². The Bertz CT molecular complexity index is 453. The lowest BCUT2D eigenvalue weighted by Crippen LogP contribution is -2.39. The molecular formula is C15H22N4O. The fourth-order valence-corrected chi connectivity index (χ4v) is 2.82. The molecule has 2 aliphatic rings. The van der Waals surface area contributed by atoms with Gasteiger partial charge < -0.3 is 16.0 Å². The third-order valence-corrected chi connectivity index (χ3v) is 4.00. The summed E-state index contributed by atoms with van der Waals surface area (Å²) in [4.78, 5) is 13.4. The monoisotopic (exact) mass is 274 g/mol. The van der Waals surface area contributed by atoms with Crippen molar-refractivity contribution in [3.05, 3.63) is 24.3 Å². The molecular weight excluding hydrogens is 252 g/mol. The van der Waals surface area contributed by atoms with Gasteiger partial charge in [0.25, 0.3) is 0 Å². The first-order valence-electron chi connectivity index (χ1n) is 7.45. The van der Waals surface area contributed by atoms with E-state index >= 15 is 0 Å². The Hall–Kier alpha value is -1.75. The molecule has 2 fully saturated rings. The van der Waals surface area contributed by atoms with E-state index in [1.807, 2.05) is 24.3 Å². The zero-order valence-corrected chi connectivity index (χ0v) is 11.7. The standard InChI is InChI=1S/C15H22N4O/c20-15-17-9-10-19(15)14-6-4-12(5-7-14)18-11-13-3-1-2-8-16-13/h4-7,13,16,18H,1-3,8-11H2,(H,17,20). The molecule has 1 aromatic rings. The van der Waals surface area contributed by atoms with Crippen LogP contribution in [0.3, 0.4) is 0 Å². The van der Waals surface area contributed by atoms with E-state index in [4.69, 9.17) is 0 Å². The number of amides is 2. The summed E-state index contributed by atoms with van der Waals surface area (Å²) < 4.78 is 0. The van der Waals surface area contributed by atoms with Crippen LogP contribution in [0.15, 0.2) is 24.3 Å². The van der Waals surface area contributed by atoms with Crippen molar-refractivity contribution in [2.24, 2.45) is 0 Å². The fourth-order valence-electron chi connectivity index (χ4n) is 2.82. The van der Waals surface area contributed by atoms with Crippen molar-refractivity contribution in [3.63, 3.8) is 0 Å². The van der Waals surface area contributed by atoms with Crippen LogP contribution >= 0.6 is 0 Å². The van der Waals surface area contributed by atoms with Crippen molar-refractivity contribution in [1.29, 1.82) is 0 Å². The number of piperidine rings is 1. The molecule has 0 aromatic heterocycles. The van der Waals surface area contributed by atoms with E-state index in [1.165, 1.54) is 19.3 Å². The molecule has 1 aromatic carbocycles. The third kappa shape index (κ3) is 3.04. The molecule has 0 spiro atoms. The molecule has 0 bridgehead atoms. The van der Waals surface area contributed by atoms with Crippen LogP contribution in [0.5, 0.6) is 0 Å². The van der Waals surface area contributed by atoms with Gasteiger partial charge in [-0.1, -0.05) is 6.42 Å². The molecule has 2 amide bonds. The maximum absolute atomic E-state index is 11.6. The second-order valence-electron chi connectivity index (χ2n) is 5.46. The molecule has 1 unspecified atom stereocenters. The molecule has 0 saturated carbocycles. The summed E-state index contributed by atoms with van der Waals surface area (Å²) in [5.74, 6) is 0. The summed E-state index contributed by atoms with van der Waals surface area (Å²) in [5.41, 5.74) is 2.07. The Balaban J connectivity index is 1.54. The third-order valence-electron chi connectivity index (χ3n) is 4.00. The molecule has 108 valence electrons. The number of rotatable bonds is 4. The SMILES string of the molecule is O=C1NCCN1c1ccc(NCC2CCCCN2)cc1. The Morgan fingerprint density at radius 1 is 1.20 bits per heavy atom. The van der Waals surface area contributed by atoms with E-state index in [1.54, 1.807) is 4.90 Å². The maximum Gasteiger partial charge on any atom is 0.321 e. The number of nitrogens with one attached hydrogen (secondary N) is 3. The summed E-state index contributed by atoms with van der Waals surface area (Å²) in [5, 5.41) is 9.80. The van der Waals surface area contributed by atoms with Gasteiger partial charge in [0.05, 0.1) is 0 Å². The van der Waals surface area contributed by atoms with Gasteiger partial charge in [0.1, 0.15) is 0 Å². The average molecular weight is 274 g/mol. The van der Waals surface area contributed by atoms with Crippen LogP contribution in [0.25, 0.3) is 0 Å². The Morgan fingerprint density at radius 3 is 2.70 bits per heavy atom. The molecule has 20 heavy (non-hydrogen) atoms. The normalized spacial score (nSPS) is 22.7. The quantitative estimate of drug-likeness (QED) is 0.784. The van der Waals surface area contributed by atoms with Crippen molar-refractivity contribution in [1.82, 2.24) is 10.6 Å². The minimum absolute atomic E-state index is 0.00267. The van der Waals surface area contributed by atoms with Gasteiger partial charge in [0, 0.05) is 37.1 Å². The predicted octanol–water partition coefficient (Wildman–Crippen LogP) is 1.77. The average Bonchev–Trinajstić information content (AvgIpc) is 2.93. The lowest BCUT2D eigenvalue weighted by Gasteiger charge is -2.24. The summed E-state index contributed by atoms with van der Waals surface area (Å²) in [7, 11) is 0. The Kier molecular flexibility index (Phi) is 4.06. The predicted molar refractivity (Wildman–Crippen MR) is 81.3 cm³/mol. The van der Waals surface area contributed by atoms with E-state index in [0.717, 1.165) is 37.6 Å². The largest absolute Gasteiger partial charge is 0.383 e. The number of benzene rings is 1. The number of hydrogen-bond donors (Lipinski definition) is 3. The molecule has 5 nitrogen and oxygen atoms in total. The molecule has 3 N–H and O–H groups in total. The van der Waals surface area contributed by atoms with Crippen molar-refractivity contribution < 1.29 is 4.79 Å². The number of hydrogen-bond acceptors (Lipinski definition) is 3. The first kappa shape index (κ1) is 13.2. The van der Waals surface area contributed by atoms with Crippen LogP contribution in [0.2, 0.25) is 0 Å². The number of nitrogens with zero attached hydrogens (tertiary/aromatic N) is 1.